The van der Waals surface area contributed by atoms with Gasteiger partial charge in [-0.25, -0.2) is 0 Å². The molecule has 1 fully saturated rings. The Morgan fingerprint density at radius 2 is 2.57 bits per heavy atom. The molecule has 2 rings (SSSR count). The summed E-state index contributed by atoms with van der Waals surface area (Å²) in [6.07, 6.45) is 4.09. The molecule has 2 unspecified atom stereocenters. The van der Waals surface area contributed by atoms with Crippen molar-refractivity contribution in [2.75, 3.05) is 13.2 Å². The third-order valence-electron chi connectivity index (χ3n) is 2.69. The summed E-state index contributed by atoms with van der Waals surface area (Å²) in [5.74, 6) is 0. The van der Waals surface area contributed by atoms with Gasteiger partial charge in [0.15, 0.2) is 0 Å². The summed E-state index contributed by atoms with van der Waals surface area (Å²) < 4.78 is 6.83. The second-order valence-corrected chi connectivity index (χ2v) is 3.83. The second-order valence-electron chi connectivity index (χ2n) is 3.83. The van der Waals surface area contributed by atoms with Crippen LogP contribution in [0.25, 0.3) is 0 Å². The summed E-state index contributed by atoms with van der Waals surface area (Å²) in [6.45, 7) is 0.882. The highest BCUT2D eigenvalue weighted by molar-refractivity contribution is 5.15. The zero-order valence-electron chi connectivity index (χ0n) is 8.18. The minimum absolute atomic E-state index is 0.309. The third-order valence-corrected chi connectivity index (χ3v) is 2.69. The number of aryl methyl sites for hydroxylation is 1. The van der Waals surface area contributed by atoms with Gasteiger partial charge in [-0.15, -0.1) is 0 Å². The van der Waals surface area contributed by atoms with E-state index >= 15 is 0 Å². The van der Waals surface area contributed by atoms with E-state index in [9.17, 15) is 5.11 Å². The van der Waals surface area contributed by atoms with Crippen LogP contribution in [-0.2, 0) is 11.8 Å². The van der Waals surface area contributed by atoms with Crippen molar-refractivity contribution < 1.29 is 9.84 Å². The Bertz CT molecular complexity index is 318. The molecule has 1 aliphatic rings. The molecule has 1 saturated heterocycles. The normalized spacial score (nSPS) is 29.4. The summed E-state index contributed by atoms with van der Waals surface area (Å²) in [5, 5.41) is 14.2. The van der Waals surface area contributed by atoms with Gasteiger partial charge in [0.05, 0.1) is 18.8 Å². The highest BCUT2D eigenvalue weighted by atomic mass is 16.5. The lowest BCUT2D eigenvalue weighted by molar-refractivity contribution is 0.00347. The van der Waals surface area contributed by atoms with E-state index < -0.39 is 11.6 Å². The zero-order chi connectivity index (χ0) is 10.2. The summed E-state index contributed by atoms with van der Waals surface area (Å²) in [5.41, 5.74) is 5.88. The molecule has 0 radical (unpaired) electrons. The number of hydrogen-bond acceptors (Lipinski definition) is 4. The molecule has 0 spiro atoms. The molecule has 5 nitrogen and oxygen atoms in total. The van der Waals surface area contributed by atoms with Gasteiger partial charge in [0.1, 0.15) is 5.60 Å². The first kappa shape index (κ1) is 9.64. The van der Waals surface area contributed by atoms with Gasteiger partial charge in [-0.05, 0) is 0 Å². The lowest BCUT2D eigenvalue weighted by Crippen LogP contribution is -2.41. The van der Waals surface area contributed by atoms with Crippen LogP contribution in [0.2, 0.25) is 0 Å². The number of nitrogens with two attached hydrogens (primary N) is 1. The van der Waals surface area contributed by atoms with E-state index in [2.05, 4.69) is 5.10 Å². The summed E-state index contributed by atoms with van der Waals surface area (Å²) in [7, 11) is 1.82. The van der Waals surface area contributed by atoms with Crippen LogP contribution in [0, 0.1) is 0 Å². The van der Waals surface area contributed by atoms with E-state index in [1.165, 1.54) is 0 Å². The molecule has 0 aromatic carbocycles. The number of nitrogens with zero attached hydrogens (tertiary/aromatic N) is 2. The fourth-order valence-electron chi connectivity index (χ4n) is 1.73. The average molecular weight is 197 g/mol. The van der Waals surface area contributed by atoms with Crippen LogP contribution < -0.4 is 5.73 Å². The summed E-state index contributed by atoms with van der Waals surface area (Å²) in [4.78, 5) is 0. The van der Waals surface area contributed by atoms with E-state index in [4.69, 9.17) is 10.5 Å². The van der Waals surface area contributed by atoms with Gasteiger partial charge in [-0.2, -0.15) is 5.10 Å². The lowest BCUT2D eigenvalue weighted by Gasteiger charge is -2.26. The van der Waals surface area contributed by atoms with Crippen LogP contribution in [0.3, 0.4) is 0 Å². The minimum Gasteiger partial charge on any atom is -0.385 e. The van der Waals surface area contributed by atoms with Crippen LogP contribution in [0.4, 0.5) is 0 Å². The molecule has 0 amide bonds. The lowest BCUT2D eigenvalue weighted by atomic mass is 9.90. The molecule has 3 N–H and O–H groups in total. The Balaban J connectivity index is 2.18. The molecule has 14 heavy (non-hydrogen) atoms. The number of hydrogen-bond donors (Lipinski definition) is 2. The highest BCUT2D eigenvalue weighted by Gasteiger charge is 2.39. The SMILES string of the molecule is Cn1cc(C(N)C2(O)CCOC2)cn1. The van der Waals surface area contributed by atoms with E-state index in [-0.39, 0.29) is 0 Å². The van der Waals surface area contributed by atoms with Crippen molar-refractivity contribution in [2.45, 2.75) is 18.1 Å². The first-order valence-electron chi connectivity index (χ1n) is 4.66. The fraction of sp³-hybridized carbons (Fsp3) is 0.667. The number of ether oxygens (including phenoxy) is 1. The van der Waals surface area contributed by atoms with Crippen LogP contribution >= 0.6 is 0 Å². The Labute approximate surface area is 82.5 Å². The van der Waals surface area contributed by atoms with Gasteiger partial charge < -0.3 is 15.6 Å². The molecule has 1 aromatic rings. The Morgan fingerprint density at radius 3 is 3.07 bits per heavy atom. The molecule has 2 atom stereocenters. The van der Waals surface area contributed by atoms with Gasteiger partial charge in [-0.3, -0.25) is 4.68 Å². The quantitative estimate of drug-likeness (QED) is 0.675. The van der Waals surface area contributed by atoms with Crippen molar-refractivity contribution >= 4 is 0 Å². The molecular formula is C9H15N3O2. The third kappa shape index (κ3) is 1.54. The van der Waals surface area contributed by atoms with Gasteiger partial charge in [0.25, 0.3) is 0 Å². The maximum absolute atomic E-state index is 10.1. The maximum atomic E-state index is 10.1. The van der Waals surface area contributed by atoms with Crippen molar-refractivity contribution in [1.29, 1.82) is 0 Å². The second kappa shape index (κ2) is 3.34. The predicted molar refractivity (Wildman–Crippen MR) is 50.5 cm³/mol. The Kier molecular flexibility index (Phi) is 2.30. The summed E-state index contributed by atoms with van der Waals surface area (Å²) in [6, 6.07) is -0.418. The molecule has 0 saturated carbocycles. The van der Waals surface area contributed by atoms with Crippen molar-refractivity contribution in [1.82, 2.24) is 9.78 Å². The zero-order valence-corrected chi connectivity index (χ0v) is 8.18. The number of aliphatic hydroxyl groups is 1. The molecule has 1 aliphatic heterocycles. The van der Waals surface area contributed by atoms with E-state index in [1.54, 1.807) is 10.9 Å². The maximum Gasteiger partial charge on any atom is 0.109 e. The van der Waals surface area contributed by atoms with Crippen molar-refractivity contribution in [3.05, 3.63) is 18.0 Å². The Hall–Kier alpha value is -0.910. The van der Waals surface area contributed by atoms with Crippen LogP contribution in [0.5, 0.6) is 0 Å². The standard InChI is InChI=1S/C9H15N3O2/c1-12-5-7(4-11-12)8(10)9(13)2-3-14-6-9/h4-5,8,13H,2-3,6,10H2,1H3. The van der Waals surface area contributed by atoms with Crippen molar-refractivity contribution in [3.63, 3.8) is 0 Å². The molecular weight excluding hydrogens is 182 g/mol. The average Bonchev–Trinajstić information content (AvgIpc) is 2.74. The highest BCUT2D eigenvalue weighted by Crippen LogP contribution is 2.30. The minimum atomic E-state index is -0.928. The van der Waals surface area contributed by atoms with Gasteiger partial charge in [0.2, 0.25) is 0 Å². The predicted octanol–water partition coefficient (Wildman–Crippen LogP) is -0.429. The van der Waals surface area contributed by atoms with Gasteiger partial charge in [-0.1, -0.05) is 0 Å². The largest absolute Gasteiger partial charge is 0.385 e. The van der Waals surface area contributed by atoms with Crippen molar-refractivity contribution in [2.24, 2.45) is 12.8 Å². The smallest absolute Gasteiger partial charge is 0.109 e. The van der Waals surface area contributed by atoms with Gasteiger partial charge >= 0.3 is 0 Å². The van der Waals surface area contributed by atoms with E-state index in [0.717, 1.165) is 5.56 Å². The molecule has 2 heterocycles. The van der Waals surface area contributed by atoms with E-state index in [0.29, 0.717) is 19.6 Å². The topological polar surface area (TPSA) is 73.3 Å². The van der Waals surface area contributed by atoms with Crippen LogP contribution in [-0.4, -0.2) is 33.7 Å². The molecule has 0 bridgehead atoms. The van der Waals surface area contributed by atoms with Crippen LogP contribution in [0.1, 0.15) is 18.0 Å². The molecule has 5 heteroatoms. The fourth-order valence-corrected chi connectivity index (χ4v) is 1.73. The first-order chi connectivity index (χ1) is 6.62. The molecule has 78 valence electrons. The monoisotopic (exact) mass is 197 g/mol. The van der Waals surface area contributed by atoms with Crippen LogP contribution in [0.15, 0.2) is 12.4 Å². The first-order valence-corrected chi connectivity index (χ1v) is 4.66. The molecule has 0 aliphatic carbocycles. The Morgan fingerprint density at radius 1 is 1.79 bits per heavy atom. The number of aromatic nitrogens is 2. The van der Waals surface area contributed by atoms with E-state index in [1.807, 2.05) is 13.2 Å². The molecule has 1 aromatic heterocycles. The summed E-state index contributed by atoms with van der Waals surface area (Å²) >= 11 is 0. The van der Waals surface area contributed by atoms with Crippen molar-refractivity contribution in [3.8, 4) is 0 Å². The number of rotatable bonds is 2. The van der Waals surface area contributed by atoms with Gasteiger partial charge in [0, 0.05) is 31.8 Å².